The van der Waals surface area contributed by atoms with Gasteiger partial charge in [0.15, 0.2) is 0 Å². The zero-order chi connectivity index (χ0) is 18.4. The van der Waals surface area contributed by atoms with Crippen LogP contribution in [0.25, 0.3) is 0 Å². The average Bonchev–Trinajstić information content (AvgIpc) is 2.54. The molecule has 0 aromatic heterocycles. The Kier molecular flexibility index (Phi) is 7.70. The first-order valence-electron chi connectivity index (χ1n) is 7.38. The van der Waals surface area contributed by atoms with Crippen LogP contribution in [0.5, 0.6) is 5.75 Å². The summed E-state index contributed by atoms with van der Waals surface area (Å²) in [6.45, 7) is 4.49. The van der Waals surface area contributed by atoms with E-state index in [0.29, 0.717) is 12.3 Å². The number of benzene rings is 2. The van der Waals surface area contributed by atoms with E-state index in [2.05, 4.69) is 70.3 Å². The fourth-order valence-corrected chi connectivity index (χ4v) is 4.00. The second kappa shape index (κ2) is 9.54. The van der Waals surface area contributed by atoms with Crippen molar-refractivity contribution in [3.63, 3.8) is 0 Å². The lowest BCUT2D eigenvalue weighted by atomic mass is 10.2. The molecule has 132 valence electrons. The van der Waals surface area contributed by atoms with Gasteiger partial charge in [0.2, 0.25) is 0 Å². The summed E-state index contributed by atoms with van der Waals surface area (Å²) < 4.78 is 8.37. The van der Waals surface area contributed by atoms with Gasteiger partial charge in [0.1, 0.15) is 5.75 Å². The summed E-state index contributed by atoms with van der Waals surface area (Å²) in [6, 6.07) is 8.98. The van der Waals surface area contributed by atoms with Crippen molar-refractivity contribution >= 4 is 72.4 Å². The van der Waals surface area contributed by atoms with Crippen molar-refractivity contribution < 1.29 is 9.53 Å². The normalized spacial score (nSPS) is 10.8. The number of nitrogens with zero attached hydrogens (tertiary/aromatic N) is 1. The number of amides is 2. The number of carbonyl (C=O) groups is 1. The predicted molar refractivity (Wildman–Crippen MR) is 117 cm³/mol. The molecular weight excluding hydrogens is 565 g/mol. The van der Waals surface area contributed by atoms with Crippen LogP contribution in [0.1, 0.15) is 18.1 Å². The number of halogens is 3. The van der Waals surface area contributed by atoms with Crippen molar-refractivity contribution in [1.29, 1.82) is 0 Å². The van der Waals surface area contributed by atoms with Crippen molar-refractivity contribution in [3.05, 3.63) is 54.0 Å². The van der Waals surface area contributed by atoms with Crippen LogP contribution in [0.2, 0.25) is 0 Å². The monoisotopic (exact) mass is 579 g/mol. The number of hydrazone groups is 1. The van der Waals surface area contributed by atoms with Gasteiger partial charge >= 0.3 is 6.03 Å². The molecule has 25 heavy (non-hydrogen) atoms. The molecule has 2 aromatic carbocycles. The van der Waals surface area contributed by atoms with E-state index in [4.69, 9.17) is 4.74 Å². The minimum atomic E-state index is -0.405. The topological polar surface area (TPSA) is 62.7 Å². The lowest BCUT2D eigenvalue weighted by Crippen LogP contribution is -2.24. The zero-order valence-electron chi connectivity index (χ0n) is 13.6. The molecular formula is C17H16Br2IN3O2. The number of ether oxygens (including phenoxy) is 1. The number of urea groups is 1. The number of anilines is 1. The summed E-state index contributed by atoms with van der Waals surface area (Å²) in [7, 11) is 0. The molecule has 0 bridgehead atoms. The van der Waals surface area contributed by atoms with Crippen LogP contribution in [0.15, 0.2) is 44.4 Å². The summed E-state index contributed by atoms with van der Waals surface area (Å²) in [5.41, 5.74) is 5.04. The summed E-state index contributed by atoms with van der Waals surface area (Å²) in [5, 5.41) is 6.70. The first kappa shape index (κ1) is 20.2. The van der Waals surface area contributed by atoms with Gasteiger partial charge in [-0.3, -0.25) is 0 Å². The van der Waals surface area contributed by atoms with Crippen molar-refractivity contribution in [1.82, 2.24) is 5.43 Å². The molecule has 2 N–H and O–H groups in total. The van der Waals surface area contributed by atoms with E-state index in [0.717, 1.165) is 29.4 Å². The Balaban J connectivity index is 1.98. The fourth-order valence-electron chi connectivity index (χ4n) is 1.98. The van der Waals surface area contributed by atoms with Gasteiger partial charge in [-0.2, -0.15) is 5.10 Å². The third-order valence-electron chi connectivity index (χ3n) is 3.10. The molecule has 0 aliphatic rings. The number of nitrogens with one attached hydrogen (secondary N) is 2. The highest BCUT2D eigenvalue weighted by atomic mass is 127. The summed E-state index contributed by atoms with van der Waals surface area (Å²) in [4.78, 5) is 11.9. The van der Waals surface area contributed by atoms with Crippen molar-refractivity contribution in [2.45, 2.75) is 13.8 Å². The molecule has 2 aromatic rings. The van der Waals surface area contributed by atoms with E-state index in [1.807, 2.05) is 44.2 Å². The Hall–Kier alpha value is -1.13. The SMILES string of the molecule is CCOc1c(Br)cc(/C=N/NC(=O)Nc2ccc(Br)c(C)c2)cc1I. The van der Waals surface area contributed by atoms with Crippen LogP contribution in [0.3, 0.4) is 0 Å². The zero-order valence-corrected chi connectivity index (χ0v) is 18.9. The highest BCUT2D eigenvalue weighted by Crippen LogP contribution is 2.31. The van der Waals surface area contributed by atoms with Crippen molar-refractivity contribution in [3.8, 4) is 5.75 Å². The Labute approximate surface area is 177 Å². The van der Waals surface area contributed by atoms with Crippen LogP contribution >= 0.6 is 54.5 Å². The van der Waals surface area contributed by atoms with Crippen molar-refractivity contribution in [2.75, 3.05) is 11.9 Å². The highest BCUT2D eigenvalue weighted by Gasteiger charge is 2.08. The smallest absolute Gasteiger partial charge is 0.339 e. The van der Waals surface area contributed by atoms with E-state index in [9.17, 15) is 4.79 Å². The maximum atomic E-state index is 11.9. The van der Waals surface area contributed by atoms with E-state index < -0.39 is 6.03 Å². The molecule has 0 aliphatic carbocycles. The molecule has 8 heteroatoms. The fraction of sp³-hybridized carbons (Fsp3) is 0.176. The standard InChI is InChI=1S/C17H16Br2IN3O2/c1-3-25-16-14(19)7-11(8-15(16)20)9-21-23-17(24)22-12-4-5-13(18)10(2)6-12/h4-9H,3H2,1-2H3,(H2,22,23,24)/b21-9+. The second-order valence-corrected chi connectivity index (χ2v) is 7.91. The second-order valence-electron chi connectivity index (χ2n) is 5.03. The van der Waals surface area contributed by atoms with E-state index in [1.165, 1.54) is 0 Å². The molecule has 5 nitrogen and oxygen atoms in total. The Morgan fingerprint density at radius 1 is 1.28 bits per heavy atom. The van der Waals surface area contributed by atoms with Crippen LogP contribution in [-0.2, 0) is 0 Å². The molecule has 0 radical (unpaired) electrons. The van der Waals surface area contributed by atoms with Gasteiger partial charge in [-0.1, -0.05) is 15.9 Å². The maximum Gasteiger partial charge on any atom is 0.339 e. The third kappa shape index (κ3) is 5.96. The largest absolute Gasteiger partial charge is 0.492 e. The molecule has 0 spiro atoms. The Bertz CT molecular complexity index is 789. The van der Waals surface area contributed by atoms with Gasteiger partial charge in [-0.05, 0) is 93.8 Å². The Morgan fingerprint density at radius 3 is 2.68 bits per heavy atom. The van der Waals surface area contributed by atoms with Gasteiger partial charge in [0.05, 0.1) is 20.9 Å². The molecule has 0 heterocycles. The van der Waals surface area contributed by atoms with Crippen LogP contribution in [-0.4, -0.2) is 18.9 Å². The van der Waals surface area contributed by atoms with E-state index in [1.54, 1.807) is 6.21 Å². The number of carbonyl (C=O) groups excluding carboxylic acids is 1. The minimum absolute atomic E-state index is 0.405. The third-order valence-corrected chi connectivity index (χ3v) is 5.38. The predicted octanol–water partition coefficient (Wildman–Crippen LogP) is 5.68. The summed E-state index contributed by atoms with van der Waals surface area (Å²) >= 11 is 9.11. The summed E-state index contributed by atoms with van der Waals surface area (Å²) in [5.74, 6) is 0.802. The van der Waals surface area contributed by atoms with Crippen molar-refractivity contribution in [2.24, 2.45) is 5.10 Å². The number of rotatable bonds is 5. The van der Waals surface area contributed by atoms with Gasteiger partial charge in [0, 0.05) is 10.2 Å². The molecule has 0 fully saturated rings. The highest BCUT2D eigenvalue weighted by molar-refractivity contribution is 14.1. The lowest BCUT2D eigenvalue weighted by Gasteiger charge is -2.09. The first-order chi connectivity index (χ1) is 11.9. The number of hydrogen-bond donors (Lipinski definition) is 2. The van der Waals surface area contributed by atoms with Gasteiger partial charge in [-0.25, -0.2) is 10.2 Å². The summed E-state index contributed by atoms with van der Waals surface area (Å²) in [6.07, 6.45) is 1.58. The van der Waals surface area contributed by atoms with Crippen LogP contribution < -0.4 is 15.5 Å². The number of aryl methyl sites for hydroxylation is 1. The molecule has 0 saturated carbocycles. The quantitative estimate of drug-likeness (QED) is 0.272. The molecule has 0 aliphatic heterocycles. The molecule has 2 rings (SSSR count). The number of hydrogen-bond acceptors (Lipinski definition) is 3. The van der Waals surface area contributed by atoms with Gasteiger partial charge < -0.3 is 10.1 Å². The van der Waals surface area contributed by atoms with Gasteiger partial charge in [-0.15, -0.1) is 0 Å². The molecule has 0 saturated heterocycles. The Morgan fingerprint density at radius 2 is 2.04 bits per heavy atom. The van der Waals surface area contributed by atoms with Gasteiger partial charge in [0.25, 0.3) is 0 Å². The molecule has 0 atom stereocenters. The lowest BCUT2D eigenvalue weighted by molar-refractivity contribution is 0.252. The molecule has 0 unspecified atom stereocenters. The first-order valence-corrected chi connectivity index (χ1v) is 10.0. The maximum absolute atomic E-state index is 11.9. The van der Waals surface area contributed by atoms with Crippen LogP contribution in [0, 0.1) is 10.5 Å². The van der Waals surface area contributed by atoms with Crippen LogP contribution in [0.4, 0.5) is 10.5 Å². The van der Waals surface area contributed by atoms with E-state index >= 15 is 0 Å². The minimum Gasteiger partial charge on any atom is -0.492 e. The van der Waals surface area contributed by atoms with E-state index in [-0.39, 0.29) is 0 Å². The molecule has 2 amide bonds. The average molecular weight is 581 g/mol.